The molecular formula is C26H33ClN4O3. The van der Waals surface area contributed by atoms with Crippen molar-refractivity contribution in [1.29, 1.82) is 0 Å². The Balaban J connectivity index is 1.17. The Morgan fingerprint density at radius 3 is 2.38 bits per heavy atom. The fourth-order valence-corrected chi connectivity index (χ4v) is 6.98. The molecule has 0 unspecified atom stereocenters. The predicted octanol–water partition coefficient (Wildman–Crippen LogP) is 4.85. The van der Waals surface area contributed by atoms with Crippen LogP contribution in [0.3, 0.4) is 0 Å². The van der Waals surface area contributed by atoms with Gasteiger partial charge in [-0.05, 0) is 82.3 Å². The SMILES string of the molecule is CC(C)N(Cc1nnc(-c2ccccc2Cl)o1)C(=O)CCNC(=O)C12CC3CC(CC(C3)C1)C2. The summed E-state index contributed by atoms with van der Waals surface area (Å²) in [7, 11) is 0. The highest BCUT2D eigenvalue weighted by atomic mass is 35.5. The number of carbonyl (C=O) groups is 2. The summed E-state index contributed by atoms with van der Waals surface area (Å²) in [6.45, 7) is 4.49. The van der Waals surface area contributed by atoms with Crippen molar-refractivity contribution in [3.05, 3.63) is 35.2 Å². The lowest BCUT2D eigenvalue weighted by Gasteiger charge is -2.55. The zero-order valence-electron chi connectivity index (χ0n) is 19.9. The van der Waals surface area contributed by atoms with E-state index in [1.165, 1.54) is 19.3 Å². The molecule has 1 N–H and O–H groups in total. The van der Waals surface area contributed by atoms with Crippen LogP contribution in [0.2, 0.25) is 5.02 Å². The molecule has 7 nitrogen and oxygen atoms in total. The van der Waals surface area contributed by atoms with Crippen molar-refractivity contribution >= 4 is 23.4 Å². The normalized spacial score (nSPS) is 27.2. The lowest BCUT2D eigenvalue weighted by atomic mass is 9.49. The van der Waals surface area contributed by atoms with E-state index in [4.69, 9.17) is 16.0 Å². The van der Waals surface area contributed by atoms with Crippen molar-refractivity contribution in [2.24, 2.45) is 23.2 Å². The molecular weight excluding hydrogens is 452 g/mol. The Hall–Kier alpha value is -2.41. The van der Waals surface area contributed by atoms with Gasteiger partial charge in [0.1, 0.15) is 0 Å². The molecule has 182 valence electrons. The van der Waals surface area contributed by atoms with E-state index in [0.717, 1.165) is 37.0 Å². The highest BCUT2D eigenvalue weighted by molar-refractivity contribution is 6.33. The molecule has 1 aromatic carbocycles. The number of amides is 2. The van der Waals surface area contributed by atoms with Crippen LogP contribution in [0.15, 0.2) is 28.7 Å². The van der Waals surface area contributed by atoms with Gasteiger partial charge in [-0.2, -0.15) is 0 Å². The minimum absolute atomic E-state index is 0.0398. The van der Waals surface area contributed by atoms with Crippen molar-refractivity contribution in [2.45, 2.75) is 71.4 Å². The Kier molecular flexibility index (Phi) is 6.40. The summed E-state index contributed by atoms with van der Waals surface area (Å²) in [6, 6.07) is 7.23. The van der Waals surface area contributed by atoms with E-state index in [-0.39, 0.29) is 36.2 Å². The highest BCUT2D eigenvalue weighted by Gasteiger charge is 2.54. The maximum absolute atomic E-state index is 13.2. The molecule has 1 heterocycles. The molecule has 4 aliphatic rings. The fourth-order valence-electron chi connectivity index (χ4n) is 6.77. The van der Waals surface area contributed by atoms with Gasteiger partial charge in [-0.1, -0.05) is 23.7 Å². The molecule has 1 aromatic heterocycles. The van der Waals surface area contributed by atoms with E-state index >= 15 is 0 Å². The second-order valence-electron chi connectivity index (χ2n) is 10.8. The predicted molar refractivity (Wildman–Crippen MR) is 129 cm³/mol. The monoisotopic (exact) mass is 484 g/mol. The van der Waals surface area contributed by atoms with Gasteiger partial charge in [-0.3, -0.25) is 9.59 Å². The summed E-state index contributed by atoms with van der Waals surface area (Å²) >= 11 is 6.23. The second kappa shape index (κ2) is 9.33. The van der Waals surface area contributed by atoms with E-state index in [0.29, 0.717) is 28.9 Å². The van der Waals surface area contributed by atoms with Crippen LogP contribution in [0.25, 0.3) is 11.5 Å². The van der Waals surface area contributed by atoms with E-state index in [9.17, 15) is 9.59 Å². The summed E-state index contributed by atoms with van der Waals surface area (Å²) in [6.07, 6.45) is 7.26. The van der Waals surface area contributed by atoms with Gasteiger partial charge in [0.05, 0.1) is 17.1 Å². The molecule has 2 aromatic rings. The molecule has 2 amide bonds. The quantitative estimate of drug-likeness (QED) is 0.578. The standard InChI is InChI=1S/C26H33ClN4O3/c1-16(2)31(15-22-29-30-24(34-22)20-5-3-4-6-21(20)27)23(32)7-8-28-25(33)26-12-17-9-18(13-26)11-19(10-17)14-26/h3-6,16-19H,7-15H2,1-2H3,(H,28,33). The molecule has 34 heavy (non-hydrogen) atoms. The zero-order chi connectivity index (χ0) is 23.9. The Labute approximate surface area is 205 Å². The van der Waals surface area contributed by atoms with Crippen LogP contribution in [0.4, 0.5) is 0 Å². The van der Waals surface area contributed by atoms with E-state index < -0.39 is 0 Å². The summed E-state index contributed by atoms with van der Waals surface area (Å²) in [5.41, 5.74) is 0.478. The number of benzene rings is 1. The van der Waals surface area contributed by atoms with Gasteiger partial charge in [0.2, 0.25) is 23.6 Å². The maximum Gasteiger partial charge on any atom is 0.249 e. The van der Waals surface area contributed by atoms with Gasteiger partial charge in [0.15, 0.2) is 0 Å². The van der Waals surface area contributed by atoms with Gasteiger partial charge in [-0.15, -0.1) is 10.2 Å². The minimum Gasteiger partial charge on any atom is -0.419 e. The van der Waals surface area contributed by atoms with Crippen molar-refractivity contribution in [3.8, 4) is 11.5 Å². The smallest absolute Gasteiger partial charge is 0.249 e. The Bertz CT molecular complexity index is 1030. The van der Waals surface area contributed by atoms with Crippen molar-refractivity contribution < 1.29 is 14.0 Å². The third-order valence-electron chi connectivity index (χ3n) is 7.96. The van der Waals surface area contributed by atoms with Crippen LogP contribution < -0.4 is 5.32 Å². The number of hydrogen-bond acceptors (Lipinski definition) is 5. The average molecular weight is 485 g/mol. The van der Waals surface area contributed by atoms with Crippen LogP contribution in [0.1, 0.15) is 64.7 Å². The highest BCUT2D eigenvalue weighted by Crippen LogP contribution is 2.60. The summed E-state index contributed by atoms with van der Waals surface area (Å²) < 4.78 is 5.79. The summed E-state index contributed by atoms with van der Waals surface area (Å²) in [5, 5.41) is 11.9. The zero-order valence-corrected chi connectivity index (χ0v) is 20.7. The van der Waals surface area contributed by atoms with Gasteiger partial charge in [-0.25, -0.2) is 0 Å². The number of rotatable bonds is 8. The van der Waals surface area contributed by atoms with Gasteiger partial charge >= 0.3 is 0 Å². The van der Waals surface area contributed by atoms with Crippen LogP contribution in [0, 0.1) is 23.2 Å². The van der Waals surface area contributed by atoms with Gasteiger partial charge < -0.3 is 14.6 Å². The van der Waals surface area contributed by atoms with Crippen molar-refractivity contribution in [1.82, 2.24) is 20.4 Å². The van der Waals surface area contributed by atoms with Gasteiger partial charge in [0, 0.05) is 24.4 Å². The van der Waals surface area contributed by atoms with Crippen molar-refractivity contribution in [2.75, 3.05) is 6.54 Å². The first kappa shape index (κ1) is 23.3. The first-order chi connectivity index (χ1) is 16.3. The molecule has 4 aliphatic carbocycles. The fraction of sp³-hybridized carbons (Fsp3) is 0.615. The summed E-state index contributed by atoms with van der Waals surface area (Å²) in [5.74, 6) is 2.98. The van der Waals surface area contributed by atoms with Gasteiger partial charge in [0.25, 0.3) is 0 Å². The van der Waals surface area contributed by atoms with Crippen molar-refractivity contribution in [3.63, 3.8) is 0 Å². The molecule has 8 heteroatoms. The van der Waals surface area contributed by atoms with E-state index in [2.05, 4.69) is 15.5 Å². The topological polar surface area (TPSA) is 88.3 Å². The number of carbonyl (C=O) groups excluding carboxylic acids is 2. The molecule has 4 bridgehead atoms. The first-order valence-electron chi connectivity index (χ1n) is 12.5. The third-order valence-corrected chi connectivity index (χ3v) is 8.29. The molecule has 4 fully saturated rings. The number of nitrogens with zero attached hydrogens (tertiary/aromatic N) is 3. The van der Waals surface area contributed by atoms with Crippen LogP contribution in [-0.4, -0.2) is 39.5 Å². The number of nitrogens with one attached hydrogen (secondary N) is 1. The minimum atomic E-state index is -0.186. The maximum atomic E-state index is 13.2. The van der Waals surface area contributed by atoms with E-state index in [1.807, 2.05) is 32.0 Å². The second-order valence-corrected chi connectivity index (χ2v) is 11.2. The molecule has 0 aliphatic heterocycles. The molecule has 6 rings (SSSR count). The Morgan fingerprint density at radius 1 is 1.12 bits per heavy atom. The molecule has 0 atom stereocenters. The third kappa shape index (κ3) is 4.59. The molecule has 0 spiro atoms. The lowest BCUT2D eigenvalue weighted by Crippen LogP contribution is -2.53. The summed E-state index contributed by atoms with van der Waals surface area (Å²) in [4.78, 5) is 27.9. The molecule has 0 saturated heterocycles. The Morgan fingerprint density at radius 2 is 1.76 bits per heavy atom. The van der Waals surface area contributed by atoms with E-state index in [1.54, 1.807) is 11.0 Å². The molecule has 4 saturated carbocycles. The van der Waals surface area contributed by atoms with Crippen LogP contribution in [-0.2, 0) is 16.1 Å². The first-order valence-corrected chi connectivity index (χ1v) is 12.9. The number of halogens is 1. The number of aromatic nitrogens is 2. The van der Waals surface area contributed by atoms with Crippen LogP contribution in [0.5, 0.6) is 0 Å². The lowest BCUT2D eigenvalue weighted by molar-refractivity contribution is -0.146. The largest absolute Gasteiger partial charge is 0.419 e. The van der Waals surface area contributed by atoms with Crippen LogP contribution >= 0.6 is 11.6 Å². The average Bonchev–Trinajstić information content (AvgIpc) is 3.25. The molecule has 0 radical (unpaired) electrons. The number of hydrogen-bond donors (Lipinski definition) is 1.